The Labute approximate surface area is 118 Å². The summed E-state index contributed by atoms with van der Waals surface area (Å²) in [4.78, 5) is 12.4. The van der Waals surface area contributed by atoms with E-state index in [4.69, 9.17) is 0 Å². The highest BCUT2D eigenvalue weighted by molar-refractivity contribution is 5.86. The van der Waals surface area contributed by atoms with Crippen molar-refractivity contribution >= 4 is 5.91 Å². The smallest absolute Gasteiger partial charge is 0.240 e. The second-order valence-electron chi connectivity index (χ2n) is 5.88. The maximum Gasteiger partial charge on any atom is 0.240 e. The van der Waals surface area contributed by atoms with Gasteiger partial charge >= 0.3 is 0 Å². The minimum atomic E-state index is -0.789. The number of amides is 1. The first-order chi connectivity index (χ1) is 9.64. The minimum absolute atomic E-state index is 0.0792. The molecule has 106 valence electrons. The van der Waals surface area contributed by atoms with E-state index >= 15 is 0 Å². The Morgan fingerprint density at radius 1 is 1.45 bits per heavy atom. The lowest BCUT2D eigenvalue weighted by Crippen LogP contribution is -2.47. The summed E-state index contributed by atoms with van der Waals surface area (Å²) in [6, 6.07) is 2.33. The van der Waals surface area contributed by atoms with Crippen LogP contribution in [0.1, 0.15) is 43.8 Å². The lowest BCUT2D eigenvalue weighted by Gasteiger charge is -2.28. The van der Waals surface area contributed by atoms with Crippen LogP contribution in [-0.4, -0.2) is 26.7 Å². The zero-order valence-electron chi connectivity index (χ0n) is 11.7. The summed E-state index contributed by atoms with van der Waals surface area (Å²) in [5.41, 5.74) is -0.789. The molecule has 0 unspecified atom stereocenters. The van der Waals surface area contributed by atoms with Gasteiger partial charge in [-0.25, -0.2) is 0 Å². The van der Waals surface area contributed by atoms with Crippen LogP contribution in [-0.2, 0) is 17.8 Å². The molecule has 6 heteroatoms. The standard InChI is InChI=1S/C14H19N5O/c1-10-17-18-12-5-4-11(8-19(10)12)16-13(20)14(9-15)6-2-3-7-14/h11H,2-8H2,1H3,(H,16,20)/t11-/m1/s1. The van der Waals surface area contributed by atoms with Crippen LogP contribution in [0.2, 0.25) is 0 Å². The highest BCUT2D eigenvalue weighted by atomic mass is 16.2. The van der Waals surface area contributed by atoms with Crippen molar-refractivity contribution in [2.45, 2.75) is 58.0 Å². The average Bonchev–Trinajstić information content (AvgIpc) is 3.07. The fourth-order valence-corrected chi connectivity index (χ4v) is 3.27. The molecule has 0 saturated heterocycles. The fraction of sp³-hybridized carbons (Fsp3) is 0.714. The lowest BCUT2D eigenvalue weighted by molar-refractivity contribution is -0.128. The van der Waals surface area contributed by atoms with Gasteiger partial charge in [-0.3, -0.25) is 4.79 Å². The van der Waals surface area contributed by atoms with E-state index in [1.165, 1.54) is 0 Å². The number of carbonyl (C=O) groups excluding carboxylic acids is 1. The molecule has 20 heavy (non-hydrogen) atoms. The Morgan fingerprint density at radius 3 is 2.90 bits per heavy atom. The van der Waals surface area contributed by atoms with Crippen molar-refractivity contribution in [3.8, 4) is 6.07 Å². The first-order valence-electron chi connectivity index (χ1n) is 7.25. The van der Waals surface area contributed by atoms with Crippen molar-refractivity contribution < 1.29 is 4.79 Å². The monoisotopic (exact) mass is 273 g/mol. The molecule has 1 N–H and O–H groups in total. The number of nitrogens with one attached hydrogen (secondary N) is 1. The van der Waals surface area contributed by atoms with Crippen LogP contribution in [0.4, 0.5) is 0 Å². The molecule has 1 aliphatic carbocycles. The van der Waals surface area contributed by atoms with E-state index in [0.717, 1.165) is 37.3 Å². The quantitative estimate of drug-likeness (QED) is 0.874. The van der Waals surface area contributed by atoms with Gasteiger partial charge in [-0.15, -0.1) is 10.2 Å². The van der Waals surface area contributed by atoms with Crippen LogP contribution in [0.25, 0.3) is 0 Å². The van der Waals surface area contributed by atoms with Crippen molar-refractivity contribution in [2.75, 3.05) is 0 Å². The summed E-state index contributed by atoms with van der Waals surface area (Å²) in [7, 11) is 0. The van der Waals surface area contributed by atoms with Gasteiger partial charge in [0.25, 0.3) is 0 Å². The molecule has 0 bridgehead atoms. The van der Waals surface area contributed by atoms with Crippen molar-refractivity contribution in [1.82, 2.24) is 20.1 Å². The summed E-state index contributed by atoms with van der Waals surface area (Å²) < 4.78 is 2.06. The molecule has 1 saturated carbocycles. The highest BCUT2D eigenvalue weighted by Gasteiger charge is 2.42. The second kappa shape index (κ2) is 4.89. The van der Waals surface area contributed by atoms with E-state index in [-0.39, 0.29) is 11.9 Å². The van der Waals surface area contributed by atoms with Gasteiger partial charge in [0.15, 0.2) is 0 Å². The summed E-state index contributed by atoms with van der Waals surface area (Å²) in [6.07, 6.45) is 5.02. The molecule has 0 spiro atoms. The van der Waals surface area contributed by atoms with Gasteiger partial charge < -0.3 is 9.88 Å². The number of carbonyl (C=O) groups is 1. The number of rotatable bonds is 2. The molecule has 1 atom stereocenters. The summed E-state index contributed by atoms with van der Waals surface area (Å²) >= 11 is 0. The number of nitriles is 1. The molecule has 1 aliphatic heterocycles. The van der Waals surface area contributed by atoms with Crippen molar-refractivity contribution in [3.63, 3.8) is 0 Å². The van der Waals surface area contributed by atoms with Gasteiger partial charge in [0.1, 0.15) is 17.1 Å². The van der Waals surface area contributed by atoms with E-state index in [9.17, 15) is 10.1 Å². The highest BCUT2D eigenvalue weighted by Crippen LogP contribution is 2.37. The van der Waals surface area contributed by atoms with E-state index in [2.05, 4.69) is 26.2 Å². The Kier molecular flexibility index (Phi) is 3.20. The lowest BCUT2D eigenvalue weighted by atomic mass is 9.86. The van der Waals surface area contributed by atoms with Gasteiger partial charge in [-0.05, 0) is 26.2 Å². The average molecular weight is 273 g/mol. The number of aryl methyl sites for hydroxylation is 2. The third kappa shape index (κ3) is 2.07. The molecule has 3 rings (SSSR count). The van der Waals surface area contributed by atoms with Gasteiger partial charge in [0.05, 0.1) is 6.07 Å². The van der Waals surface area contributed by atoms with Crippen LogP contribution < -0.4 is 5.32 Å². The zero-order valence-corrected chi connectivity index (χ0v) is 11.7. The van der Waals surface area contributed by atoms with Crippen LogP contribution in [0.15, 0.2) is 0 Å². The molecule has 1 aromatic rings. The first-order valence-corrected chi connectivity index (χ1v) is 7.25. The van der Waals surface area contributed by atoms with Gasteiger partial charge in [-0.2, -0.15) is 5.26 Å². The van der Waals surface area contributed by atoms with E-state index in [0.29, 0.717) is 19.4 Å². The predicted octanol–water partition coefficient (Wildman–Crippen LogP) is 1.10. The van der Waals surface area contributed by atoms with Gasteiger partial charge in [-0.1, -0.05) is 12.8 Å². The van der Waals surface area contributed by atoms with Crippen molar-refractivity contribution in [3.05, 3.63) is 11.6 Å². The Morgan fingerprint density at radius 2 is 2.20 bits per heavy atom. The molecule has 0 aromatic carbocycles. The number of hydrogen-bond acceptors (Lipinski definition) is 4. The number of nitrogens with zero attached hydrogens (tertiary/aromatic N) is 4. The SMILES string of the molecule is Cc1nnc2n1C[C@H](NC(=O)C1(C#N)CCCC1)CC2. The number of aromatic nitrogens is 3. The Balaban J connectivity index is 1.69. The minimum Gasteiger partial charge on any atom is -0.350 e. The predicted molar refractivity (Wildman–Crippen MR) is 71.5 cm³/mol. The third-order valence-corrected chi connectivity index (χ3v) is 4.57. The molecular formula is C14H19N5O. The van der Waals surface area contributed by atoms with Crippen LogP contribution in [0.3, 0.4) is 0 Å². The number of fused-ring (bicyclic) bond motifs is 1. The first kappa shape index (κ1) is 13.1. The molecule has 1 fully saturated rings. The van der Waals surface area contributed by atoms with E-state index in [1.807, 2.05) is 6.92 Å². The van der Waals surface area contributed by atoms with Crippen LogP contribution >= 0.6 is 0 Å². The van der Waals surface area contributed by atoms with E-state index in [1.54, 1.807) is 0 Å². The summed E-state index contributed by atoms with van der Waals surface area (Å²) in [6.45, 7) is 2.63. The van der Waals surface area contributed by atoms with Crippen molar-refractivity contribution in [2.24, 2.45) is 5.41 Å². The van der Waals surface area contributed by atoms with Crippen LogP contribution in [0, 0.1) is 23.7 Å². The third-order valence-electron chi connectivity index (χ3n) is 4.57. The number of hydrogen-bond donors (Lipinski definition) is 1. The largest absolute Gasteiger partial charge is 0.350 e. The molecule has 0 radical (unpaired) electrons. The maximum absolute atomic E-state index is 12.4. The molecule has 6 nitrogen and oxygen atoms in total. The topological polar surface area (TPSA) is 83.6 Å². The van der Waals surface area contributed by atoms with E-state index < -0.39 is 5.41 Å². The van der Waals surface area contributed by atoms with Gasteiger partial charge in [0.2, 0.25) is 5.91 Å². The van der Waals surface area contributed by atoms with Gasteiger partial charge in [0, 0.05) is 19.0 Å². The normalized spacial score (nSPS) is 23.9. The van der Waals surface area contributed by atoms with Crippen LogP contribution in [0.5, 0.6) is 0 Å². The maximum atomic E-state index is 12.4. The summed E-state index contributed by atoms with van der Waals surface area (Å²) in [5.74, 6) is 1.79. The molecule has 2 heterocycles. The molecule has 1 aromatic heterocycles. The second-order valence-corrected chi connectivity index (χ2v) is 5.88. The zero-order chi connectivity index (χ0) is 14.2. The molecule has 2 aliphatic rings. The Bertz CT molecular complexity index is 565. The fourth-order valence-electron chi connectivity index (χ4n) is 3.27. The van der Waals surface area contributed by atoms with Crippen molar-refractivity contribution in [1.29, 1.82) is 5.26 Å². The molecular weight excluding hydrogens is 254 g/mol. The molecule has 1 amide bonds. The Hall–Kier alpha value is -1.90. The summed E-state index contributed by atoms with van der Waals surface area (Å²) in [5, 5.41) is 20.6.